The summed E-state index contributed by atoms with van der Waals surface area (Å²) in [6.45, 7) is 4.52. The third kappa shape index (κ3) is 4.02. The minimum atomic E-state index is -0.354. The van der Waals surface area contributed by atoms with Gasteiger partial charge in [0.25, 0.3) is 11.8 Å². The summed E-state index contributed by atoms with van der Waals surface area (Å²) in [6, 6.07) is 5.76. The van der Waals surface area contributed by atoms with E-state index in [-0.39, 0.29) is 17.6 Å². The van der Waals surface area contributed by atoms with Crippen molar-refractivity contribution < 1.29 is 14.0 Å². The first-order valence-corrected chi connectivity index (χ1v) is 9.07. The summed E-state index contributed by atoms with van der Waals surface area (Å²) in [5, 5.41) is 0. The van der Waals surface area contributed by atoms with E-state index in [9.17, 15) is 14.0 Å². The van der Waals surface area contributed by atoms with Crippen LogP contribution in [0.15, 0.2) is 29.2 Å². The Bertz CT molecular complexity index is 610. The molecule has 124 valence electrons. The number of carbonyl (C=O) groups is 2. The summed E-state index contributed by atoms with van der Waals surface area (Å²) < 4.78 is 13.1. The van der Waals surface area contributed by atoms with E-state index in [4.69, 9.17) is 0 Å². The highest BCUT2D eigenvalue weighted by atomic mass is 32.2. The standard InChI is InChI=1S/C18H22FNO2S/c1-3-5-6-7-12-20-17(21)15(16(18(20)22)23-4-2)13-8-10-14(19)11-9-13/h8-11H,3-7,12H2,1-2H3. The van der Waals surface area contributed by atoms with Crippen LogP contribution < -0.4 is 0 Å². The number of unbranched alkanes of at least 4 members (excludes halogenated alkanes) is 3. The van der Waals surface area contributed by atoms with Crippen molar-refractivity contribution in [3.8, 4) is 0 Å². The molecule has 1 heterocycles. The van der Waals surface area contributed by atoms with E-state index in [2.05, 4.69) is 6.92 Å². The van der Waals surface area contributed by atoms with Gasteiger partial charge in [-0.25, -0.2) is 4.39 Å². The second-order valence-electron chi connectivity index (χ2n) is 5.47. The number of imide groups is 1. The van der Waals surface area contributed by atoms with Crippen molar-refractivity contribution in [3.05, 3.63) is 40.6 Å². The van der Waals surface area contributed by atoms with E-state index in [1.807, 2.05) is 6.92 Å². The smallest absolute Gasteiger partial charge is 0.267 e. The zero-order valence-electron chi connectivity index (χ0n) is 13.6. The third-order valence-corrected chi connectivity index (χ3v) is 4.74. The molecule has 0 bridgehead atoms. The molecule has 0 saturated carbocycles. The largest absolute Gasteiger partial charge is 0.274 e. The molecule has 0 atom stereocenters. The molecular formula is C18H22FNO2S. The van der Waals surface area contributed by atoms with E-state index in [1.54, 1.807) is 12.1 Å². The van der Waals surface area contributed by atoms with Crippen LogP contribution in [-0.4, -0.2) is 29.0 Å². The van der Waals surface area contributed by atoms with Gasteiger partial charge in [-0.05, 0) is 29.9 Å². The number of carbonyl (C=O) groups excluding carboxylic acids is 2. The molecule has 0 radical (unpaired) electrons. The Morgan fingerprint density at radius 3 is 2.30 bits per heavy atom. The van der Waals surface area contributed by atoms with E-state index in [0.29, 0.717) is 28.3 Å². The van der Waals surface area contributed by atoms with E-state index >= 15 is 0 Å². The van der Waals surface area contributed by atoms with Crippen LogP contribution >= 0.6 is 11.8 Å². The van der Waals surface area contributed by atoms with Crippen molar-refractivity contribution >= 4 is 29.1 Å². The Balaban J connectivity index is 2.24. The van der Waals surface area contributed by atoms with Gasteiger partial charge in [0.15, 0.2) is 0 Å². The third-order valence-electron chi connectivity index (χ3n) is 3.78. The number of benzene rings is 1. The Hall–Kier alpha value is -1.62. The van der Waals surface area contributed by atoms with Gasteiger partial charge < -0.3 is 0 Å². The first-order valence-electron chi connectivity index (χ1n) is 8.09. The lowest BCUT2D eigenvalue weighted by atomic mass is 10.1. The van der Waals surface area contributed by atoms with Gasteiger partial charge in [0.05, 0.1) is 10.5 Å². The SMILES string of the molecule is CCCCCCN1C(=O)C(SCC)=C(c2ccc(F)cc2)C1=O. The van der Waals surface area contributed by atoms with Crippen LogP contribution in [-0.2, 0) is 9.59 Å². The maximum atomic E-state index is 13.1. The van der Waals surface area contributed by atoms with Crippen LogP contribution in [0.25, 0.3) is 5.57 Å². The Kier molecular flexibility index (Phi) is 6.39. The van der Waals surface area contributed by atoms with Crippen molar-refractivity contribution in [3.63, 3.8) is 0 Å². The Labute approximate surface area is 140 Å². The summed E-state index contributed by atoms with van der Waals surface area (Å²) in [6.07, 6.45) is 4.05. The topological polar surface area (TPSA) is 37.4 Å². The van der Waals surface area contributed by atoms with Gasteiger partial charge in [0.2, 0.25) is 0 Å². The summed E-state index contributed by atoms with van der Waals surface area (Å²) in [5.41, 5.74) is 1.02. The molecule has 2 rings (SSSR count). The van der Waals surface area contributed by atoms with Crippen molar-refractivity contribution in [2.24, 2.45) is 0 Å². The molecule has 1 aromatic carbocycles. The first kappa shape index (κ1) is 17.7. The molecule has 2 amide bonds. The summed E-state index contributed by atoms with van der Waals surface area (Å²) in [5.74, 6) is -0.109. The fourth-order valence-corrected chi connectivity index (χ4v) is 3.47. The summed E-state index contributed by atoms with van der Waals surface area (Å²) in [7, 11) is 0. The minimum absolute atomic E-state index is 0.210. The van der Waals surface area contributed by atoms with Crippen LogP contribution in [0.2, 0.25) is 0 Å². The molecule has 23 heavy (non-hydrogen) atoms. The average Bonchev–Trinajstić information content (AvgIpc) is 2.77. The normalized spacial score (nSPS) is 15.0. The molecule has 0 aliphatic carbocycles. The Morgan fingerprint density at radius 1 is 1.00 bits per heavy atom. The molecule has 5 heteroatoms. The zero-order valence-corrected chi connectivity index (χ0v) is 14.4. The number of hydrogen-bond acceptors (Lipinski definition) is 3. The molecule has 1 aliphatic rings. The molecule has 1 aliphatic heterocycles. The van der Waals surface area contributed by atoms with Gasteiger partial charge >= 0.3 is 0 Å². The van der Waals surface area contributed by atoms with Crippen LogP contribution in [0.4, 0.5) is 4.39 Å². The van der Waals surface area contributed by atoms with Crippen molar-refractivity contribution in [1.29, 1.82) is 0 Å². The molecule has 1 aromatic rings. The highest BCUT2D eigenvalue weighted by Crippen LogP contribution is 2.36. The number of amides is 2. The highest BCUT2D eigenvalue weighted by Gasteiger charge is 2.38. The maximum Gasteiger partial charge on any atom is 0.267 e. The van der Waals surface area contributed by atoms with Crippen molar-refractivity contribution in [2.75, 3.05) is 12.3 Å². The van der Waals surface area contributed by atoms with Gasteiger partial charge in [-0.15, -0.1) is 11.8 Å². The average molecular weight is 335 g/mol. The number of hydrogen-bond donors (Lipinski definition) is 0. The van der Waals surface area contributed by atoms with Gasteiger partial charge in [0, 0.05) is 6.54 Å². The quantitative estimate of drug-likeness (QED) is 0.527. The zero-order chi connectivity index (χ0) is 16.8. The van der Waals surface area contributed by atoms with Crippen LogP contribution in [0, 0.1) is 5.82 Å². The molecule has 0 saturated heterocycles. The maximum absolute atomic E-state index is 13.1. The molecule has 0 N–H and O–H groups in total. The fourth-order valence-electron chi connectivity index (χ4n) is 2.60. The monoisotopic (exact) mass is 335 g/mol. The number of nitrogens with zero attached hydrogens (tertiary/aromatic N) is 1. The number of thioether (sulfide) groups is 1. The summed E-state index contributed by atoms with van der Waals surface area (Å²) in [4.78, 5) is 27.1. The van der Waals surface area contributed by atoms with Crippen molar-refractivity contribution in [1.82, 2.24) is 4.90 Å². The molecule has 3 nitrogen and oxygen atoms in total. The van der Waals surface area contributed by atoms with Gasteiger partial charge in [-0.1, -0.05) is 45.2 Å². The van der Waals surface area contributed by atoms with Gasteiger partial charge in [-0.2, -0.15) is 0 Å². The molecule has 0 unspecified atom stereocenters. The molecular weight excluding hydrogens is 313 g/mol. The van der Waals surface area contributed by atoms with E-state index in [1.165, 1.54) is 28.8 Å². The number of rotatable bonds is 8. The lowest BCUT2D eigenvalue weighted by Gasteiger charge is -2.14. The van der Waals surface area contributed by atoms with Crippen molar-refractivity contribution in [2.45, 2.75) is 39.5 Å². The van der Waals surface area contributed by atoms with Gasteiger partial charge in [0.1, 0.15) is 5.82 Å². The van der Waals surface area contributed by atoms with Crippen LogP contribution in [0.5, 0.6) is 0 Å². The Morgan fingerprint density at radius 2 is 1.70 bits per heavy atom. The predicted molar refractivity (Wildman–Crippen MR) is 92.3 cm³/mol. The lowest BCUT2D eigenvalue weighted by molar-refractivity contribution is -0.136. The molecule has 0 fully saturated rings. The first-order chi connectivity index (χ1) is 11.1. The van der Waals surface area contributed by atoms with E-state index in [0.717, 1.165) is 25.7 Å². The molecule has 0 aromatic heterocycles. The predicted octanol–water partition coefficient (Wildman–Crippen LogP) is 4.24. The lowest BCUT2D eigenvalue weighted by Crippen LogP contribution is -2.32. The van der Waals surface area contributed by atoms with Crippen LogP contribution in [0.3, 0.4) is 0 Å². The summed E-state index contributed by atoms with van der Waals surface area (Å²) >= 11 is 1.38. The van der Waals surface area contributed by atoms with Gasteiger partial charge in [-0.3, -0.25) is 14.5 Å². The fraction of sp³-hybridized carbons (Fsp3) is 0.444. The second-order valence-corrected chi connectivity index (χ2v) is 6.74. The van der Waals surface area contributed by atoms with E-state index < -0.39 is 0 Å². The number of halogens is 1. The highest BCUT2D eigenvalue weighted by molar-refractivity contribution is 8.04. The second kappa shape index (κ2) is 8.29. The van der Waals surface area contributed by atoms with Crippen LogP contribution in [0.1, 0.15) is 45.1 Å². The molecule has 0 spiro atoms. The minimum Gasteiger partial charge on any atom is -0.274 e.